The van der Waals surface area contributed by atoms with E-state index < -0.39 is 23.2 Å². The topological polar surface area (TPSA) is 91.9 Å². The van der Waals surface area contributed by atoms with Crippen LogP contribution < -0.4 is 15.3 Å². The van der Waals surface area contributed by atoms with E-state index in [1.54, 1.807) is 6.92 Å². The van der Waals surface area contributed by atoms with Crippen LogP contribution in [0.1, 0.15) is 43.7 Å². The summed E-state index contributed by atoms with van der Waals surface area (Å²) < 4.78 is 41.3. The van der Waals surface area contributed by atoms with Gasteiger partial charge in [-0.25, -0.2) is 13.6 Å². The zero-order valence-corrected chi connectivity index (χ0v) is 23.4. The fourth-order valence-electron chi connectivity index (χ4n) is 6.97. The normalized spacial score (nSPS) is 23.7. The van der Waals surface area contributed by atoms with Crippen molar-refractivity contribution in [3.63, 3.8) is 0 Å². The lowest BCUT2D eigenvalue weighted by molar-refractivity contribution is 0.107. The number of halogens is 2. The van der Waals surface area contributed by atoms with Gasteiger partial charge in [0.2, 0.25) is 0 Å². The Morgan fingerprint density at radius 2 is 2.10 bits per heavy atom. The molecule has 3 fully saturated rings. The molecule has 2 aromatic carbocycles. The lowest BCUT2D eigenvalue weighted by Gasteiger charge is -2.40. The van der Waals surface area contributed by atoms with Crippen LogP contribution in [0.3, 0.4) is 0 Å². The monoisotopic (exact) mass is 572 g/mol. The summed E-state index contributed by atoms with van der Waals surface area (Å²) in [5.74, 6) is 2.23. The Morgan fingerprint density at radius 1 is 1.26 bits per heavy atom. The highest BCUT2D eigenvalue weighted by Crippen LogP contribution is 2.42. The summed E-state index contributed by atoms with van der Waals surface area (Å²) in [5.41, 5.74) is 0.0114. The summed E-state index contributed by atoms with van der Waals surface area (Å²) >= 11 is 0. The van der Waals surface area contributed by atoms with Crippen LogP contribution >= 0.6 is 0 Å². The van der Waals surface area contributed by atoms with Crippen molar-refractivity contribution in [1.82, 2.24) is 14.9 Å². The number of hydrogen-bond donors (Lipinski definition) is 1. The highest BCUT2D eigenvalue weighted by Gasteiger charge is 2.49. The Labute approximate surface area is 240 Å². The molecular weight excluding hydrogens is 542 g/mol. The molecule has 3 atom stereocenters. The second kappa shape index (κ2) is 9.66. The average Bonchev–Trinajstić information content (AvgIpc) is 3.48. The Kier molecular flexibility index (Phi) is 6.13. The largest absolute Gasteiger partial charge is 0.508 e. The second-order valence-corrected chi connectivity index (χ2v) is 11.8. The molecule has 4 aromatic rings. The van der Waals surface area contributed by atoms with Crippen LogP contribution in [-0.4, -0.2) is 64.0 Å². The first kappa shape index (κ1) is 26.7. The van der Waals surface area contributed by atoms with Crippen LogP contribution in [0.5, 0.6) is 11.8 Å². The van der Waals surface area contributed by atoms with Gasteiger partial charge in [0, 0.05) is 42.1 Å². The first-order valence-electron chi connectivity index (χ1n) is 14.3. The number of nitrogens with zero attached hydrogens (tertiary/aromatic N) is 4. The van der Waals surface area contributed by atoms with Crippen LogP contribution in [0.15, 0.2) is 33.5 Å². The van der Waals surface area contributed by atoms with Gasteiger partial charge in [-0.05, 0) is 63.2 Å². The van der Waals surface area contributed by atoms with Gasteiger partial charge in [-0.1, -0.05) is 12.0 Å². The smallest absolute Gasteiger partial charge is 0.349 e. The van der Waals surface area contributed by atoms with Crippen LogP contribution in [0.2, 0.25) is 0 Å². The number of terminal acetylenes is 1. The molecule has 2 aromatic heterocycles. The highest BCUT2D eigenvalue weighted by molar-refractivity contribution is 6.03. The molecular formula is C32H30F2N4O4. The Balaban J connectivity index is 1.42. The van der Waals surface area contributed by atoms with E-state index in [1.165, 1.54) is 24.3 Å². The summed E-state index contributed by atoms with van der Waals surface area (Å²) in [6, 6.07) is 5.87. The number of aromatic hydroxyl groups is 1. The maximum absolute atomic E-state index is 14.8. The van der Waals surface area contributed by atoms with Crippen molar-refractivity contribution in [2.75, 3.05) is 31.1 Å². The lowest BCUT2D eigenvalue weighted by Crippen LogP contribution is -2.47. The van der Waals surface area contributed by atoms with Gasteiger partial charge >= 0.3 is 11.6 Å². The van der Waals surface area contributed by atoms with Gasteiger partial charge in [-0.2, -0.15) is 9.97 Å². The summed E-state index contributed by atoms with van der Waals surface area (Å²) in [4.78, 5) is 27.2. The van der Waals surface area contributed by atoms with E-state index >= 15 is 0 Å². The SMILES string of the molecule is C#Cc1c(F)ccc2cc(O)cc(-c3oc(=O)c4c(N5CC[C@H]5C)nc(OC[C@@]56CCCN5C[C@H](F)C6)nc4c3C)c12. The minimum absolute atomic E-state index is 0.00504. The van der Waals surface area contributed by atoms with E-state index in [0.29, 0.717) is 47.2 Å². The van der Waals surface area contributed by atoms with Crippen molar-refractivity contribution in [2.45, 2.75) is 57.3 Å². The first-order valence-corrected chi connectivity index (χ1v) is 14.3. The Bertz CT molecular complexity index is 1870. The lowest BCUT2D eigenvalue weighted by atomic mass is 9.94. The van der Waals surface area contributed by atoms with Gasteiger partial charge in [0.15, 0.2) is 5.82 Å². The molecule has 3 aliphatic rings. The number of aryl methyl sites for hydroxylation is 1. The molecule has 5 heterocycles. The highest BCUT2D eigenvalue weighted by atomic mass is 19.1. The molecule has 42 heavy (non-hydrogen) atoms. The van der Waals surface area contributed by atoms with Crippen molar-refractivity contribution >= 4 is 27.5 Å². The third-order valence-corrected chi connectivity index (χ3v) is 9.23. The fraction of sp³-hybridized carbons (Fsp3) is 0.406. The van der Waals surface area contributed by atoms with Gasteiger partial charge < -0.3 is 19.2 Å². The summed E-state index contributed by atoms with van der Waals surface area (Å²) in [6.45, 7) is 5.97. The molecule has 3 saturated heterocycles. The number of phenols is 1. The van der Waals surface area contributed by atoms with Crippen molar-refractivity contribution in [3.05, 3.63) is 51.6 Å². The number of aromatic nitrogens is 2. The molecule has 0 spiro atoms. The van der Waals surface area contributed by atoms with Gasteiger partial charge in [0.1, 0.15) is 35.5 Å². The predicted octanol–water partition coefficient (Wildman–Crippen LogP) is 5.09. The fourth-order valence-corrected chi connectivity index (χ4v) is 6.97. The average molecular weight is 573 g/mol. The van der Waals surface area contributed by atoms with Gasteiger partial charge in [-0.3, -0.25) is 4.90 Å². The van der Waals surface area contributed by atoms with Crippen molar-refractivity contribution < 1.29 is 23.0 Å². The van der Waals surface area contributed by atoms with Gasteiger partial charge in [-0.15, -0.1) is 6.42 Å². The van der Waals surface area contributed by atoms with Crippen molar-refractivity contribution in [3.8, 4) is 35.4 Å². The Morgan fingerprint density at radius 3 is 2.83 bits per heavy atom. The molecule has 0 aliphatic carbocycles. The van der Waals surface area contributed by atoms with Crippen LogP contribution in [-0.2, 0) is 0 Å². The van der Waals surface area contributed by atoms with E-state index in [2.05, 4.69) is 15.8 Å². The van der Waals surface area contributed by atoms with E-state index in [0.717, 1.165) is 25.8 Å². The molecule has 216 valence electrons. The first-order chi connectivity index (χ1) is 20.2. The van der Waals surface area contributed by atoms with Gasteiger partial charge in [0.05, 0.1) is 16.6 Å². The number of phenolic OH excluding ortho intramolecular Hbond substituents is 1. The van der Waals surface area contributed by atoms with Gasteiger partial charge in [0.25, 0.3) is 0 Å². The van der Waals surface area contributed by atoms with Crippen LogP contribution in [0.25, 0.3) is 33.0 Å². The molecule has 7 rings (SSSR count). The van der Waals surface area contributed by atoms with Crippen molar-refractivity contribution in [2.24, 2.45) is 0 Å². The minimum Gasteiger partial charge on any atom is -0.508 e. The number of rotatable bonds is 5. The summed E-state index contributed by atoms with van der Waals surface area (Å²) in [6.07, 6.45) is 7.95. The quantitative estimate of drug-likeness (QED) is 0.331. The number of benzene rings is 2. The van der Waals surface area contributed by atoms with E-state index in [9.17, 15) is 18.7 Å². The molecule has 0 radical (unpaired) electrons. The maximum atomic E-state index is 14.8. The zero-order chi connectivity index (χ0) is 29.3. The van der Waals surface area contributed by atoms with E-state index in [1.807, 2.05) is 11.8 Å². The van der Waals surface area contributed by atoms with Crippen molar-refractivity contribution in [1.29, 1.82) is 0 Å². The predicted molar refractivity (Wildman–Crippen MR) is 155 cm³/mol. The third-order valence-electron chi connectivity index (χ3n) is 9.23. The Hall–Kier alpha value is -4.23. The number of hydrogen-bond acceptors (Lipinski definition) is 8. The summed E-state index contributed by atoms with van der Waals surface area (Å²) in [7, 11) is 0. The van der Waals surface area contributed by atoms with E-state index in [4.69, 9.17) is 20.6 Å². The minimum atomic E-state index is -0.895. The number of fused-ring (bicyclic) bond motifs is 3. The zero-order valence-electron chi connectivity index (χ0n) is 23.4. The number of alkyl halides is 1. The molecule has 0 amide bonds. The van der Waals surface area contributed by atoms with Crippen LogP contribution in [0, 0.1) is 25.1 Å². The summed E-state index contributed by atoms with van der Waals surface area (Å²) in [5, 5.41) is 11.6. The molecule has 8 nitrogen and oxygen atoms in total. The number of ether oxygens (including phenoxy) is 1. The number of anilines is 1. The maximum Gasteiger partial charge on any atom is 0.349 e. The molecule has 3 aliphatic heterocycles. The van der Waals surface area contributed by atoms with E-state index in [-0.39, 0.29) is 46.7 Å². The standard InChI is InChI=1S/C32H30F2N4O4/c1-4-22-24(34)7-6-19-12-21(39)13-23(25(19)22)28-18(3)27-26(30(40)42-28)29(38-11-8-17(38)2)36-31(35-27)41-16-32-9-5-10-37(32)15-20(33)14-32/h1,6-7,12-13,17,20,39H,5,8-11,14-16H2,2-3H3/t17-,20-,32+/m1/s1. The second-order valence-electron chi connectivity index (χ2n) is 11.8. The molecule has 1 N–H and O–H groups in total. The molecule has 0 saturated carbocycles. The molecule has 0 unspecified atom stereocenters. The molecule has 10 heteroatoms. The third kappa shape index (κ3) is 4.02. The molecule has 0 bridgehead atoms. The van der Waals surface area contributed by atoms with Crippen LogP contribution in [0.4, 0.5) is 14.6 Å².